The summed E-state index contributed by atoms with van der Waals surface area (Å²) in [4.78, 5) is 30.0. The van der Waals surface area contributed by atoms with E-state index in [2.05, 4.69) is 10.3 Å². The number of nitrogens with one attached hydrogen (secondary N) is 1. The van der Waals surface area contributed by atoms with Crippen LogP contribution in [0.3, 0.4) is 0 Å². The molecule has 0 saturated heterocycles. The number of Topliss-reactive ketones (excluding diaryl/α,β-unsaturated/α-hetero) is 1. The molecule has 0 spiro atoms. The van der Waals surface area contributed by atoms with Gasteiger partial charge in [0.1, 0.15) is 5.82 Å². The number of ketones is 1. The maximum atomic E-state index is 12.5. The molecule has 0 bridgehead atoms. The number of pyridine rings is 1. The lowest BCUT2D eigenvalue weighted by atomic mass is 10.1. The van der Waals surface area contributed by atoms with Gasteiger partial charge in [-0.2, -0.15) is 0 Å². The molecule has 0 saturated carbocycles. The van der Waals surface area contributed by atoms with Crippen molar-refractivity contribution in [3.63, 3.8) is 0 Å². The van der Waals surface area contributed by atoms with Crippen molar-refractivity contribution in [2.24, 2.45) is 0 Å². The van der Waals surface area contributed by atoms with Crippen molar-refractivity contribution in [3.8, 4) is 0 Å². The van der Waals surface area contributed by atoms with Gasteiger partial charge in [-0.1, -0.05) is 12.1 Å². The summed E-state index contributed by atoms with van der Waals surface area (Å²) in [6.07, 6.45) is 1.65. The first-order chi connectivity index (χ1) is 10.4. The fourth-order valence-electron chi connectivity index (χ4n) is 2.10. The van der Waals surface area contributed by atoms with Gasteiger partial charge >= 0.3 is 0 Å². The molecule has 1 N–H and O–H groups in total. The fraction of sp³-hybridized carbons (Fsp3) is 0.235. The van der Waals surface area contributed by atoms with Crippen molar-refractivity contribution in [1.82, 2.24) is 4.98 Å². The highest BCUT2D eigenvalue weighted by molar-refractivity contribution is 6.08. The Labute approximate surface area is 130 Å². The SMILES string of the molecule is CC(=O)c1ccc(C)c(NC(=O)c2cccnc2N(C)C)c1. The molecule has 1 aromatic carbocycles. The molecule has 1 heterocycles. The van der Waals surface area contributed by atoms with Crippen molar-refractivity contribution in [2.45, 2.75) is 13.8 Å². The molecule has 0 atom stereocenters. The molecule has 2 aromatic rings. The highest BCUT2D eigenvalue weighted by Crippen LogP contribution is 2.21. The molecular formula is C17H19N3O2. The van der Waals surface area contributed by atoms with E-state index in [-0.39, 0.29) is 11.7 Å². The lowest BCUT2D eigenvalue weighted by Crippen LogP contribution is -2.20. The topological polar surface area (TPSA) is 62.3 Å². The third-order valence-electron chi connectivity index (χ3n) is 3.35. The predicted octanol–water partition coefficient (Wildman–Crippen LogP) is 2.91. The second-order valence-electron chi connectivity index (χ2n) is 5.31. The van der Waals surface area contributed by atoms with E-state index in [0.29, 0.717) is 22.6 Å². The number of nitrogens with zero attached hydrogens (tertiary/aromatic N) is 2. The number of hydrogen-bond donors (Lipinski definition) is 1. The van der Waals surface area contributed by atoms with Crippen LogP contribution in [0.15, 0.2) is 36.5 Å². The van der Waals surface area contributed by atoms with E-state index >= 15 is 0 Å². The highest BCUT2D eigenvalue weighted by atomic mass is 16.1. The van der Waals surface area contributed by atoms with Gasteiger partial charge in [0.25, 0.3) is 5.91 Å². The summed E-state index contributed by atoms with van der Waals surface area (Å²) in [5, 5.41) is 2.86. The summed E-state index contributed by atoms with van der Waals surface area (Å²) >= 11 is 0. The number of rotatable bonds is 4. The molecule has 5 heteroatoms. The van der Waals surface area contributed by atoms with E-state index in [9.17, 15) is 9.59 Å². The second kappa shape index (κ2) is 6.39. The zero-order chi connectivity index (χ0) is 16.3. The van der Waals surface area contributed by atoms with E-state index in [1.807, 2.05) is 27.1 Å². The van der Waals surface area contributed by atoms with Gasteiger partial charge in [-0.15, -0.1) is 0 Å². The van der Waals surface area contributed by atoms with Crippen LogP contribution in [0.5, 0.6) is 0 Å². The van der Waals surface area contributed by atoms with Gasteiger partial charge < -0.3 is 10.2 Å². The van der Waals surface area contributed by atoms with Gasteiger partial charge in [0, 0.05) is 31.5 Å². The van der Waals surface area contributed by atoms with E-state index in [0.717, 1.165) is 5.56 Å². The Morgan fingerprint density at radius 1 is 1.18 bits per heavy atom. The molecular weight excluding hydrogens is 278 g/mol. The van der Waals surface area contributed by atoms with E-state index < -0.39 is 0 Å². The van der Waals surface area contributed by atoms with Crippen LogP contribution in [-0.4, -0.2) is 30.8 Å². The minimum Gasteiger partial charge on any atom is -0.362 e. The van der Waals surface area contributed by atoms with Gasteiger partial charge in [0.15, 0.2) is 5.78 Å². The van der Waals surface area contributed by atoms with Gasteiger partial charge in [0.05, 0.1) is 5.56 Å². The number of aryl methyl sites for hydroxylation is 1. The molecule has 5 nitrogen and oxygen atoms in total. The van der Waals surface area contributed by atoms with Crippen LogP contribution in [0.2, 0.25) is 0 Å². The monoisotopic (exact) mass is 297 g/mol. The first-order valence-electron chi connectivity index (χ1n) is 6.95. The average Bonchev–Trinajstić information content (AvgIpc) is 2.49. The molecule has 0 radical (unpaired) electrons. The molecule has 114 valence electrons. The lowest BCUT2D eigenvalue weighted by Gasteiger charge is -2.16. The minimum atomic E-state index is -0.249. The summed E-state index contributed by atoms with van der Waals surface area (Å²) in [7, 11) is 3.67. The molecule has 0 aliphatic carbocycles. The van der Waals surface area contributed by atoms with Crippen LogP contribution >= 0.6 is 0 Å². The molecule has 2 rings (SSSR count). The Kier molecular flexibility index (Phi) is 4.56. The minimum absolute atomic E-state index is 0.0362. The largest absolute Gasteiger partial charge is 0.362 e. The summed E-state index contributed by atoms with van der Waals surface area (Å²) in [6.45, 7) is 3.39. The molecule has 1 aromatic heterocycles. The third kappa shape index (κ3) is 3.31. The number of anilines is 2. The zero-order valence-corrected chi connectivity index (χ0v) is 13.2. The van der Waals surface area contributed by atoms with Crippen LogP contribution < -0.4 is 10.2 Å². The zero-order valence-electron chi connectivity index (χ0n) is 13.2. The van der Waals surface area contributed by atoms with Crippen molar-refractivity contribution in [2.75, 3.05) is 24.3 Å². The van der Waals surface area contributed by atoms with Gasteiger partial charge in [-0.3, -0.25) is 9.59 Å². The standard InChI is InChI=1S/C17H19N3O2/c1-11-7-8-13(12(2)21)10-15(11)19-17(22)14-6-5-9-18-16(14)20(3)4/h5-10H,1-4H3,(H,19,22). The number of carbonyl (C=O) groups is 2. The number of hydrogen-bond acceptors (Lipinski definition) is 4. The Hall–Kier alpha value is -2.69. The number of aromatic nitrogens is 1. The van der Waals surface area contributed by atoms with E-state index in [1.54, 1.807) is 35.4 Å². The van der Waals surface area contributed by atoms with Crippen molar-refractivity contribution < 1.29 is 9.59 Å². The Bertz CT molecular complexity index is 724. The summed E-state index contributed by atoms with van der Waals surface area (Å²) in [6, 6.07) is 8.72. The fourth-order valence-corrected chi connectivity index (χ4v) is 2.10. The molecule has 0 aliphatic heterocycles. The van der Waals surface area contributed by atoms with Crippen molar-refractivity contribution in [1.29, 1.82) is 0 Å². The normalized spacial score (nSPS) is 10.2. The summed E-state index contributed by atoms with van der Waals surface area (Å²) < 4.78 is 0. The van der Waals surface area contributed by atoms with Crippen LogP contribution in [0.4, 0.5) is 11.5 Å². The first kappa shape index (κ1) is 15.7. The quantitative estimate of drug-likeness (QED) is 0.881. The third-order valence-corrected chi connectivity index (χ3v) is 3.35. The van der Waals surface area contributed by atoms with Gasteiger partial charge in [0.2, 0.25) is 0 Å². The molecule has 1 amide bonds. The lowest BCUT2D eigenvalue weighted by molar-refractivity contribution is 0.101. The Morgan fingerprint density at radius 3 is 2.55 bits per heavy atom. The van der Waals surface area contributed by atoms with Crippen LogP contribution in [0.1, 0.15) is 33.2 Å². The predicted molar refractivity (Wildman–Crippen MR) is 87.7 cm³/mol. The molecule has 0 aliphatic rings. The molecule has 22 heavy (non-hydrogen) atoms. The number of benzene rings is 1. The van der Waals surface area contributed by atoms with Gasteiger partial charge in [-0.25, -0.2) is 4.98 Å². The summed E-state index contributed by atoms with van der Waals surface area (Å²) in [5.74, 6) is 0.312. The Balaban J connectivity index is 2.34. The van der Waals surface area contributed by atoms with Crippen molar-refractivity contribution >= 4 is 23.2 Å². The second-order valence-corrected chi connectivity index (χ2v) is 5.31. The van der Waals surface area contributed by atoms with Crippen LogP contribution in [0.25, 0.3) is 0 Å². The van der Waals surface area contributed by atoms with Crippen LogP contribution in [-0.2, 0) is 0 Å². The highest BCUT2D eigenvalue weighted by Gasteiger charge is 2.15. The maximum absolute atomic E-state index is 12.5. The van der Waals surface area contributed by atoms with E-state index in [4.69, 9.17) is 0 Å². The maximum Gasteiger partial charge on any atom is 0.259 e. The smallest absolute Gasteiger partial charge is 0.259 e. The van der Waals surface area contributed by atoms with E-state index in [1.165, 1.54) is 6.92 Å². The Morgan fingerprint density at radius 2 is 1.91 bits per heavy atom. The van der Waals surface area contributed by atoms with Crippen molar-refractivity contribution in [3.05, 3.63) is 53.2 Å². The number of carbonyl (C=O) groups excluding carboxylic acids is 2. The first-order valence-corrected chi connectivity index (χ1v) is 6.95. The summed E-state index contributed by atoms with van der Waals surface area (Å²) in [5.41, 5.74) is 2.58. The molecule has 0 fully saturated rings. The van der Waals surface area contributed by atoms with Crippen LogP contribution in [0, 0.1) is 6.92 Å². The molecule has 0 unspecified atom stereocenters. The van der Waals surface area contributed by atoms with Gasteiger partial charge in [-0.05, 0) is 37.6 Å². The average molecular weight is 297 g/mol. The number of amides is 1.